The average Bonchev–Trinajstić information content (AvgIpc) is 2.38. The summed E-state index contributed by atoms with van der Waals surface area (Å²) >= 11 is 0. The van der Waals surface area contributed by atoms with E-state index >= 15 is 0 Å². The largest absolute Gasteiger partial charge is 0.368 e. The van der Waals surface area contributed by atoms with Crippen molar-refractivity contribution < 1.29 is 0 Å². The molecule has 1 fully saturated rings. The van der Waals surface area contributed by atoms with Gasteiger partial charge in [0.05, 0.1) is 0 Å². The Hall–Kier alpha value is -1.02. The average molecular weight is 232 g/mol. The molecule has 2 heteroatoms. The molecule has 2 nitrogen and oxygen atoms in total. The van der Waals surface area contributed by atoms with Gasteiger partial charge in [0.25, 0.3) is 0 Å². The topological polar surface area (TPSA) is 29.3 Å². The predicted octanol–water partition coefficient (Wildman–Crippen LogP) is 3.48. The van der Waals surface area contributed by atoms with Crippen LogP contribution in [0.25, 0.3) is 0 Å². The fourth-order valence-electron chi connectivity index (χ4n) is 2.88. The lowest BCUT2D eigenvalue weighted by molar-refractivity contribution is 0.448. The monoisotopic (exact) mass is 232 g/mol. The Morgan fingerprint density at radius 1 is 1.35 bits per heavy atom. The number of para-hydroxylation sites is 1. The molecular weight excluding hydrogens is 208 g/mol. The summed E-state index contributed by atoms with van der Waals surface area (Å²) in [6, 6.07) is 9.43. The van der Waals surface area contributed by atoms with E-state index in [2.05, 4.69) is 43.0 Å². The number of nitrogens with two attached hydrogens (primary N) is 1. The Kier molecular flexibility index (Phi) is 4.06. The van der Waals surface area contributed by atoms with E-state index in [4.69, 9.17) is 5.73 Å². The molecule has 1 aliphatic rings. The van der Waals surface area contributed by atoms with Gasteiger partial charge in [0, 0.05) is 24.3 Å². The molecule has 1 unspecified atom stereocenters. The third-order valence-corrected chi connectivity index (χ3v) is 3.84. The van der Waals surface area contributed by atoms with Crippen molar-refractivity contribution in [1.82, 2.24) is 0 Å². The predicted molar refractivity (Wildman–Crippen MR) is 74.3 cm³/mol. The highest BCUT2D eigenvalue weighted by Crippen LogP contribution is 2.31. The second-order valence-electron chi connectivity index (χ2n) is 5.10. The van der Waals surface area contributed by atoms with Crippen LogP contribution in [0.4, 0.5) is 5.69 Å². The minimum absolute atomic E-state index is 0.116. The van der Waals surface area contributed by atoms with Crippen molar-refractivity contribution >= 4 is 5.69 Å². The van der Waals surface area contributed by atoms with Crippen LogP contribution < -0.4 is 10.6 Å². The maximum atomic E-state index is 6.08. The SMILES string of the molecule is CCC1CCCCN1c1ccccc1[C@@H](C)N. The highest BCUT2D eigenvalue weighted by molar-refractivity contribution is 5.55. The smallest absolute Gasteiger partial charge is 0.0417 e. The quantitative estimate of drug-likeness (QED) is 0.864. The van der Waals surface area contributed by atoms with Gasteiger partial charge in [-0.15, -0.1) is 0 Å². The van der Waals surface area contributed by atoms with E-state index in [1.165, 1.54) is 43.5 Å². The Balaban J connectivity index is 2.31. The van der Waals surface area contributed by atoms with Crippen LogP contribution in [0.1, 0.15) is 51.1 Å². The van der Waals surface area contributed by atoms with Crippen molar-refractivity contribution in [2.75, 3.05) is 11.4 Å². The van der Waals surface area contributed by atoms with Gasteiger partial charge >= 0.3 is 0 Å². The van der Waals surface area contributed by atoms with Crippen LogP contribution in [-0.2, 0) is 0 Å². The minimum atomic E-state index is 0.116. The van der Waals surface area contributed by atoms with E-state index in [0.717, 1.165) is 0 Å². The molecule has 0 saturated carbocycles. The summed E-state index contributed by atoms with van der Waals surface area (Å²) in [5.41, 5.74) is 8.72. The van der Waals surface area contributed by atoms with Crippen LogP contribution in [0.3, 0.4) is 0 Å². The highest BCUT2D eigenvalue weighted by atomic mass is 15.2. The van der Waals surface area contributed by atoms with Gasteiger partial charge in [0.15, 0.2) is 0 Å². The summed E-state index contributed by atoms with van der Waals surface area (Å²) < 4.78 is 0. The molecule has 1 heterocycles. The molecule has 0 bridgehead atoms. The Morgan fingerprint density at radius 2 is 2.12 bits per heavy atom. The fourth-order valence-corrected chi connectivity index (χ4v) is 2.88. The van der Waals surface area contributed by atoms with E-state index in [1.54, 1.807) is 0 Å². The number of hydrogen-bond acceptors (Lipinski definition) is 2. The van der Waals surface area contributed by atoms with E-state index < -0.39 is 0 Å². The lowest BCUT2D eigenvalue weighted by Gasteiger charge is -2.38. The second kappa shape index (κ2) is 5.54. The van der Waals surface area contributed by atoms with E-state index in [1.807, 2.05) is 0 Å². The van der Waals surface area contributed by atoms with Gasteiger partial charge in [-0.05, 0) is 44.2 Å². The molecule has 17 heavy (non-hydrogen) atoms. The van der Waals surface area contributed by atoms with Crippen molar-refractivity contribution in [1.29, 1.82) is 0 Å². The van der Waals surface area contributed by atoms with Gasteiger partial charge in [0.2, 0.25) is 0 Å². The van der Waals surface area contributed by atoms with Gasteiger partial charge in [0.1, 0.15) is 0 Å². The lowest BCUT2D eigenvalue weighted by atomic mass is 9.96. The number of nitrogens with zero attached hydrogens (tertiary/aromatic N) is 1. The molecule has 1 aromatic carbocycles. The third kappa shape index (κ3) is 2.63. The maximum absolute atomic E-state index is 6.08. The van der Waals surface area contributed by atoms with Crippen LogP contribution >= 0.6 is 0 Å². The summed E-state index contributed by atoms with van der Waals surface area (Å²) in [6.07, 6.45) is 5.23. The number of anilines is 1. The Morgan fingerprint density at radius 3 is 2.82 bits per heavy atom. The van der Waals surface area contributed by atoms with Gasteiger partial charge in [-0.3, -0.25) is 0 Å². The summed E-state index contributed by atoms with van der Waals surface area (Å²) in [6.45, 7) is 5.55. The van der Waals surface area contributed by atoms with E-state index in [-0.39, 0.29) is 6.04 Å². The zero-order valence-electron chi connectivity index (χ0n) is 11.0. The van der Waals surface area contributed by atoms with Crippen molar-refractivity contribution in [3.05, 3.63) is 29.8 Å². The van der Waals surface area contributed by atoms with Crippen molar-refractivity contribution in [3.8, 4) is 0 Å². The Labute approximate surface area is 105 Å². The van der Waals surface area contributed by atoms with E-state index in [0.29, 0.717) is 6.04 Å². The number of hydrogen-bond donors (Lipinski definition) is 1. The fraction of sp³-hybridized carbons (Fsp3) is 0.600. The zero-order chi connectivity index (χ0) is 12.3. The molecule has 1 saturated heterocycles. The van der Waals surface area contributed by atoms with Crippen LogP contribution in [0.15, 0.2) is 24.3 Å². The molecule has 94 valence electrons. The first-order valence-corrected chi connectivity index (χ1v) is 6.85. The lowest BCUT2D eigenvalue weighted by Crippen LogP contribution is -2.40. The summed E-state index contributed by atoms with van der Waals surface area (Å²) in [7, 11) is 0. The molecular formula is C15H24N2. The zero-order valence-corrected chi connectivity index (χ0v) is 11.0. The number of rotatable bonds is 3. The normalized spacial score (nSPS) is 22.5. The van der Waals surface area contributed by atoms with Crippen LogP contribution in [0.5, 0.6) is 0 Å². The van der Waals surface area contributed by atoms with Crippen LogP contribution in [0.2, 0.25) is 0 Å². The number of piperidine rings is 1. The van der Waals surface area contributed by atoms with Gasteiger partial charge in [-0.2, -0.15) is 0 Å². The van der Waals surface area contributed by atoms with Crippen molar-refractivity contribution in [2.24, 2.45) is 5.73 Å². The van der Waals surface area contributed by atoms with Gasteiger partial charge in [-0.1, -0.05) is 25.1 Å². The van der Waals surface area contributed by atoms with Crippen LogP contribution in [0, 0.1) is 0 Å². The molecule has 1 aliphatic heterocycles. The number of benzene rings is 1. The molecule has 2 N–H and O–H groups in total. The van der Waals surface area contributed by atoms with Crippen molar-refractivity contribution in [3.63, 3.8) is 0 Å². The standard InChI is InChI=1S/C15H24N2/c1-3-13-8-6-7-11-17(13)15-10-5-4-9-14(15)12(2)16/h4-5,9-10,12-13H,3,6-8,11,16H2,1-2H3/t12-,13?/m1/s1. The first-order valence-electron chi connectivity index (χ1n) is 6.85. The van der Waals surface area contributed by atoms with Crippen molar-refractivity contribution in [2.45, 2.75) is 51.6 Å². The summed E-state index contributed by atoms with van der Waals surface area (Å²) in [5, 5.41) is 0. The minimum Gasteiger partial charge on any atom is -0.368 e. The molecule has 0 amide bonds. The second-order valence-corrected chi connectivity index (χ2v) is 5.10. The molecule has 1 aromatic rings. The molecule has 0 aliphatic carbocycles. The molecule has 2 rings (SSSR count). The summed E-state index contributed by atoms with van der Waals surface area (Å²) in [5.74, 6) is 0. The van der Waals surface area contributed by atoms with E-state index in [9.17, 15) is 0 Å². The molecule has 2 atom stereocenters. The summed E-state index contributed by atoms with van der Waals surface area (Å²) in [4.78, 5) is 2.57. The molecule has 0 spiro atoms. The third-order valence-electron chi connectivity index (χ3n) is 3.84. The molecule has 0 aromatic heterocycles. The highest BCUT2D eigenvalue weighted by Gasteiger charge is 2.23. The van der Waals surface area contributed by atoms with Gasteiger partial charge in [-0.25, -0.2) is 0 Å². The van der Waals surface area contributed by atoms with Crippen LogP contribution in [-0.4, -0.2) is 12.6 Å². The first-order chi connectivity index (χ1) is 8.24. The first kappa shape index (κ1) is 12.4. The molecule has 0 radical (unpaired) electrons. The Bertz CT molecular complexity index is 360. The van der Waals surface area contributed by atoms with Gasteiger partial charge < -0.3 is 10.6 Å². The maximum Gasteiger partial charge on any atom is 0.0417 e.